The summed E-state index contributed by atoms with van der Waals surface area (Å²) in [7, 11) is 0. The van der Waals surface area contributed by atoms with Crippen molar-refractivity contribution in [3.05, 3.63) is 35.9 Å². The molecule has 2 saturated carbocycles. The van der Waals surface area contributed by atoms with E-state index in [1.807, 2.05) is 35.2 Å². The molecule has 3 rings (SSSR count). The fraction of sp³-hybridized carbons (Fsp3) is 0.600. The highest BCUT2D eigenvalue weighted by Crippen LogP contribution is 2.34. The van der Waals surface area contributed by atoms with Crippen LogP contribution in [0.5, 0.6) is 0 Å². The Morgan fingerprint density at radius 1 is 1.19 bits per heavy atom. The minimum absolute atomic E-state index is 0.0103. The number of ether oxygens (including phenoxy) is 1. The summed E-state index contributed by atoms with van der Waals surface area (Å²) in [6.07, 6.45) is 5.51. The van der Waals surface area contributed by atoms with Crippen molar-refractivity contribution in [2.24, 2.45) is 5.73 Å². The van der Waals surface area contributed by atoms with Gasteiger partial charge in [0, 0.05) is 6.04 Å². The van der Waals surface area contributed by atoms with Crippen LogP contribution in [0.2, 0.25) is 0 Å². The van der Waals surface area contributed by atoms with Gasteiger partial charge < -0.3 is 20.7 Å². The molecule has 2 amide bonds. The van der Waals surface area contributed by atoms with E-state index in [2.05, 4.69) is 5.32 Å². The van der Waals surface area contributed by atoms with E-state index in [9.17, 15) is 9.59 Å². The number of alkyl carbamates (subject to hydrolysis) is 1. The molecule has 0 heterocycles. The summed E-state index contributed by atoms with van der Waals surface area (Å²) in [6.45, 7) is 1.98. The monoisotopic (exact) mass is 359 g/mol. The zero-order valence-corrected chi connectivity index (χ0v) is 15.4. The fourth-order valence-electron chi connectivity index (χ4n) is 3.73. The molecule has 1 aromatic rings. The first-order chi connectivity index (χ1) is 12.6. The van der Waals surface area contributed by atoms with Crippen LogP contribution in [-0.4, -0.2) is 41.1 Å². The van der Waals surface area contributed by atoms with E-state index in [0.717, 1.165) is 44.1 Å². The van der Waals surface area contributed by atoms with Crippen LogP contribution in [0.25, 0.3) is 0 Å². The van der Waals surface area contributed by atoms with Crippen molar-refractivity contribution in [1.29, 1.82) is 0 Å². The van der Waals surface area contributed by atoms with Crippen LogP contribution >= 0.6 is 0 Å². The van der Waals surface area contributed by atoms with Gasteiger partial charge in [-0.1, -0.05) is 43.2 Å². The number of carbonyl (C=O) groups excluding carboxylic acids is 2. The summed E-state index contributed by atoms with van der Waals surface area (Å²) < 4.78 is 5.36. The summed E-state index contributed by atoms with van der Waals surface area (Å²) in [4.78, 5) is 26.9. The Hall–Kier alpha value is -2.08. The summed E-state index contributed by atoms with van der Waals surface area (Å²) >= 11 is 0. The summed E-state index contributed by atoms with van der Waals surface area (Å²) in [5.74, 6) is -0.0103. The van der Waals surface area contributed by atoms with Crippen molar-refractivity contribution in [3.8, 4) is 0 Å². The number of rotatable bonds is 6. The normalized spacial score (nSPS) is 23.8. The van der Waals surface area contributed by atoms with Gasteiger partial charge in [-0.3, -0.25) is 4.79 Å². The van der Waals surface area contributed by atoms with E-state index in [-0.39, 0.29) is 30.6 Å². The molecule has 2 fully saturated rings. The molecule has 0 bridgehead atoms. The quantitative estimate of drug-likeness (QED) is 0.817. The first kappa shape index (κ1) is 18.7. The first-order valence-corrected chi connectivity index (χ1v) is 9.61. The van der Waals surface area contributed by atoms with E-state index in [0.29, 0.717) is 0 Å². The van der Waals surface area contributed by atoms with Crippen LogP contribution in [0.3, 0.4) is 0 Å². The first-order valence-electron chi connectivity index (χ1n) is 9.61. The van der Waals surface area contributed by atoms with Crippen LogP contribution < -0.4 is 11.1 Å². The third-order valence-electron chi connectivity index (χ3n) is 5.19. The Morgan fingerprint density at radius 3 is 2.54 bits per heavy atom. The Bertz CT molecular complexity index is 616. The number of amides is 2. The van der Waals surface area contributed by atoms with Crippen LogP contribution in [0.1, 0.15) is 51.0 Å². The predicted molar refractivity (Wildman–Crippen MR) is 99.3 cm³/mol. The third-order valence-corrected chi connectivity index (χ3v) is 5.19. The molecule has 26 heavy (non-hydrogen) atoms. The molecule has 0 saturated heterocycles. The van der Waals surface area contributed by atoms with Crippen LogP contribution in [0.15, 0.2) is 30.3 Å². The van der Waals surface area contributed by atoms with Gasteiger partial charge >= 0.3 is 6.09 Å². The number of nitrogens with two attached hydrogens (primary N) is 1. The molecular formula is C20H29N3O3. The third kappa shape index (κ3) is 4.75. The summed E-state index contributed by atoms with van der Waals surface area (Å²) in [5, 5.41) is 3.00. The molecule has 142 valence electrons. The molecule has 3 atom stereocenters. The van der Waals surface area contributed by atoms with Gasteiger partial charge in [0.05, 0.1) is 18.1 Å². The molecule has 0 radical (unpaired) electrons. The second kappa shape index (κ2) is 8.54. The highest BCUT2D eigenvalue weighted by molar-refractivity contribution is 5.82. The van der Waals surface area contributed by atoms with Crippen molar-refractivity contribution >= 4 is 12.0 Å². The van der Waals surface area contributed by atoms with Crippen LogP contribution in [0.4, 0.5) is 4.79 Å². The fourth-order valence-corrected chi connectivity index (χ4v) is 3.73. The van der Waals surface area contributed by atoms with E-state index < -0.39 is 12.1 Å². The molecular weight excluding hydrogens is 330 g/mol. The molecule has 0 spiro atoms. The summed E-state index contributed by atoms with van der Waals surface area (Å²) in [5.41, 5.74) is 6.82. The van der Waals surface area contributed by atoms with Crippen molar-refractivity contribution in [3.63, 3.8) is 0 Å². The lowest BCUT2D eigenvalue weighted by Gasteiger charge is -2.41. The largest absolute Gasteiger partial charge is 0.445 e. The zero-order valence-electron chi connectivity index (χ0n) is 15.4. The number of benzene rings is 1. The van der Waals surface area contributed by atoms with E-state index in [4.69, 9.17) is 10.5 Å². The number of nitrogens with zero attached hydrogens (tertiary/aromatic N) is 1. The maximum Gasteiger partial charge on any atom is 0.407 e. The SMILES string of the molecule is C[C@H](N)C(=O)N(C1CC1)[C@H]1CCCC[C@H]1NC(=O)OCc1ccccc1. The van der Waals surface area contributed by atoms with Crippen molar-refractivity contribution in [1.82, 2.24) is 10.2 Å². The maximum absolute atomic E-state index is 12.6. The lowest BCUT2D eigenvalue weighted by atomic mass is 9.88. The van der Waals surface area contributed by atoms with Gasteiger partial charge in [-0.25, -0.2) is 4.79 Å². The standard InChI is InChI=1S/C20H29N3O3/c1-14(21)19(24)23(16-11-12-16)18-10-6-5-9-17(18)22-20(25)26-13-15-7-3-2-4-8-15/h2-4,7-8,14,16-18H,5-6,9-13,21H2,1H3,(H,22,25)/t14-,17+,18-/m0/s1. The second-order valence-electron chi connectivity index (χ2n) is 7.43. The molecule has 6 heteroatoms. The van der Waals surface area contributed by atoms with Gasteiger partial charge in [0.2, 0.25) is 5.91 Å². The lowest BCUT2D eigenvalue weighted by molar-refractivity contribution is -0.136. The Morgan fingerprint density at radius 2 is 1.88 bits per heavy atom. The average Bonchev–Trinajstić information content (AvgIpc) is 3.47. The van der Waals surface area contributed by atoms with Crippen LogP contribution in [0, 0.1) is 0 Å². The molecule has 0 aromatic heterocycles. The molecule has 6 nitrogen and oxygen atoms in total. The molecule has 2 aliphatic rings. The van der Waals surface area contributed by atoms with Gasteiger partial charge in [0.25, 0.3) is 0 Å². The smallest absolute Gasteiger partial charge is 0.407 e. The maximum atomic E-state index is 12.6. The van der Waals surface area contributed by atoms with Gasteiger partial charge in [0.1, 0.15) is 6.61 Å². The minimum atomic E-state index is -0.511. The Balaban J connectivity index is 1.60. The number of nitrogens with one attached hydrogen (secondary N) is 1. The highest BCUT2D eigenvalue weighted by Gasteiger charge is 2.42. The number of hydrogen-bond donors (Lipinski definition) is 2. The van der Waals surface area contributed by atoms with Crippen molar-refractivity contribution in [2.75, 3.05) is 0 Å². The molecule has 0 aliphatic heterocycles. The molecule has 0 unspecified atom stereocenters. The Kier molecular flexibility index (Phi) is 6.14. The van der Waals surface area contributed by atoms with E-state index >= 15 is 0 Å². The molecule has 2 aliphatic carbocycles. The van der Waals surface area contributed by atoms with Gasteiger partial charge in [-0.15, -0.1) is 0 Å². The summed E-state index contributed by atoms with van der Waals surface area (Å²) in [6, 6.07) is 9.32. The lowest BCUT2D eigenvalue weighted by Crippen LogP contribution is -2.58. The molecule has 1 aromatic carbocycles. The van der Waals surface area contributed by atoms with Crippen LogP contribution in [-0.2, 0) is 16.1 Å². The topological polar surface area (TPSA) is 84.7 Å². The van der Waals surface area contributed by atoms with Gasteiger partial charge in [-0.05, 0) is 38.2 Å². The predicted octanol–water partition coefficient (Wildman–Crippen LogP) is 2.56. The Labute approximate surface area is 155 Å². The minimum Gasteiger partial charge on any atom is -0.445 e. The highest BCUT2D eigenvalue weighted by atomic mass is 16.5. The van der Waals surface area contributed by atoms with Gasteiger partial charge in [0.15, 0.2) is 0 Å². The number of carbonyl (C=O) groups is 2. The van der Waals surface area contributed by atoms with E-state index in [1.54, 1.807) is 6.92 Å². The van der Waals surface area contributed by atoms with E-state index in [1.165, 1.54) is 0 Å². The average molecular weight is 359 g/mol. The molecule has 3 N–H and O–H groups in total. The second-order valence-corrected chi connectivity index (χ2v) is 7.43. The van der Waals surface area contributed by atoms with Crippen molar-refractivity contribution < 1.29 is 14.3 Å². The zero-order chi connectivity index (χ0) is 18.5. The van der Waals surface area contributed by atoms with Gasteiger partial charge in [-0.2, -0.15) is 0 Å². The number of hydrogen-bond acceptors (Lipinski definition) is 4. The van der Waals surface area contributed by atoms with Crippen molar-refractivity contribution in [2.45, 2.75) is 76.2 Å².